The van der Waals surface area contributed by atoms with Crippen molar-refractivity contribution in [2.45, 2.75) is 45.3 Å². The van der Waals surface area contributed by atoms with Crippen molar-refractivity contribution in [3.8, 4) is 5.75 Å². The highest BCUT2D eigenvalue weighted by molar-refractivity contribution is 9.10. The van der Waals surface area contributed by atoms with Crippen LogP contribution in [-0.4, -0.2) is 37.2 Å². The van der Waals surface area contributed by atoms with Crippen LogP contribution in [-0.2, 0) is 6.54 Å². The first-order valence-corrected chi connectivity index (χ1v) is 8.19. The Labute approximate surface area is 130 Å². The number of ether oxygens (including phenoxy) is 1. The number of rotatable bonds is 5. The van der Waals surface area contributed by atoms with Gasteiger partial charge in [-0.2, -0.15) is 0 Å². The number of hydrogen-bond donors (Lipinski definition) is 1. The van der Waals surface area contributed by atoms with Crippen LogP contribution in [0.15, 0.2) is 22.7 Å². The second kappa shape index (κ2) is 7.43. The van der Waals surface area contributed by atoms with Crippen LogP contribution in [0.3, 0.4) is 0 Å². The predicted octanol–water partition coefficient (Wildman–Crippen LogP) is 3.42. The predicted molar refractivity (Wildman–Crippen MR) is 87.3 cm³/mol. The molecule has 2 rings (SSSR count). The first-order chi connectivity index (χ1) is 9.60. The average Bonchev–Trinajstić information content (AvgIpc) is 2.45. The third-order valence-corrected chi connectivity index (χ3v) is 4.58. The monoisotopic (exact) mass is 340 g/mol. The van der Waals surface area contributed by atoms with Gasteiger partial charge in [0.15, 0.2) is 0 Å². The van der Waals surface area contributed by atoms with E-state index in [2.05, 4.69) is 46.1 Å². The molecule has 0 unspecified atom stereocenters. The molecule has 112 valence electrons. The lowest BCUT2D eigenvalue weighted by molar-refractivity contribution is 0.160. The molecule has 0 amide bonds. The maximum atomic E-state index is 5.42. The van der Waals surface area contributed by atoms with Crippen LogP contribution in [0, 0.1) is 0 Å². The number of methoxy groups -OCH3 is 1. The summed E-state index contributed by atoms with van der Waals surface area (Å²) in [5.41, 5.74) is 1.22. The Morgan fingerprint density at radius 2 is 2.05 bits per heavy atom. The lowest BCUT2D eigenvalue weighted by atomic mass is 10.0. The fourth-order valence-electron chi connectivity index (χ4n) is 2.76. The van der Waals surface area contributed by atoms with Gasteiger partial charge in [0.1, 0.15) is 5.75 Å². The highest BCUT2D eigenvalue weighted by atomic mass is 79.9. The molecule has 1 N–H and O–H groups in total. The van der Waals surface area contributed by atoms with E-state index in [1.54, 1.807) is 7.11 Å². The first kappa shape index (κ1) is 15.8. The topological polar surface area (TPSA) is 24.5 Å². The molecule has 0 spiro atoms. The van der Waals surface area contributed by atoms with Crippen LogP contribution < -0.4 is 10.1 Å². The zero-order valence-corrected chi connectivity index (χ0v) is 14.2. The summed E-state index contributed by atoms with van der Waals surface area (Å²) >= 11 is 3.53. The minimum atomic E-state index is 0.619. The van der Waals surface area contributed by atoms with E-state index in [9.17, 15) is 0 Å². The van der Waals surface area contributed by atoms with Crippen molar-refractivity contribution in [3.05, 3.63) is 28.2 Å². The molecule has 4 heteroatoms. The summed E-state index contributed by atoms with van der Waals surface area (Å²) in [5.74, 6) is 0.959. The highest BCUT2D eigenvalue weighted by Crippen LogP contribution is 2.23. The number of nitrogens with one attached hydrogen (secondary N) is 1. The van der Waals surface area contributed by atoms with Crippen LogP contribution in [0.5, 0.6) is 5.75 Å². The van der Waals surface area contributed by atoms with E-state index in [0.29, 0.717) is 12.1 Å². The fourth-order valence-corrected chi connectivity index (χ4v) is 3.17. The lowest BCUT2D eigenvalue weighted by Crippen LogP contribution is -2.44. The number of halogens is 1. The molecule has 1 aliphatic rings. The second-order valence-corrected chi connectivity index (χ2v) is 6.66. The third kappa shape index (κ3) is 4.21. The van der Waals surface area contributed by atoms with Crippen LogP contribution in [0.4, 0.5) is 0 Å². The molecule has 1 aromatic carbocycles. The van der Waals surface area contributed by atoms with Gasteiger partial charge in [-0.15, -0.1) is 0 Å². The Kier molecular flexibility index (Phi) is 5.87. The Balaban J connectivity index is 1.86. The van der Waals surface area contributed by atoms with E-state index in [1.807, 2.05) is 12.1 Å². The molecule has 1 aromatic rings. The first-order valence-electron chi connectivity index (χ1n) is 7.40. The third-order valence-electron chi connectivity index (χ3n) is 4.08. The largest absolute Gasteiger partial charge is 0.496 e. The number of nitrogens with zero attached hydrogens (tertiary/aromatic N) is 1. The summed E-state index contributed by atoms with van der Waals surface area (Å²) in [4.78, 5) is 2.55. The average molecular weight is 341 g/mol. The molecule has 1 heterocycles. The van der Waals surface area contributed by atoms with Crippen molar-refractivity contribution < 1.29 is 4.74 Å². The molecule has 1 aliphatic heterocycles. The van der Waals surface area contributed by atoms with Crippen molar-refractivity contribution in [1.29, 1.82) is 0 Å². The van der Waals surface area contributed by atoms with E-state index < -0.39 is 0 Å². The minimum Gasteiger partial charge on any atom is -0.496 e. The molecule has 3 nitrogen and oxygen atoms in total. The van der Waals surface area contributed by atoms with Gasteiger partial charge in [-0.25, -0.2) is 0 Å². The molecular formula is C16H25BrN2O. The van der Waals surface area contributed by atoms with Crippen LogP contribution in [0.25, 0.3) is 0 Å². The van der Waals surface area contributed by atoms with E-state index in [1.165, 1.54) is 31.5 Å². The maximum absolute atomic E-state index is 5.42. The van der Waals surface area contributed by atoms with Crippen molar-refractivity contribution in [3.63, 3.8) is 0 Å². The number of piperidine rings is 1. The summed E-state index contributed by atoms with van der Waals surface area (Å²) in [5, 5.41) is 3.67. The summed E-state index contributed by atoms with van der Waals surface area (Å²) in [6, 6.07) is 7.45. The minimum absolute atomic E-state index is 0.619. The van der Waals surface area contributed by atoms with Crippen molar-refractivity contribution in [2.24, 2.45) is 0 Å². The summed E-state index contributed by atoms with van der Waals surface area (Å²) in [7, 11) is 1.73. The van der Waals surface area contributed by atoms with E-state index in [-0.39, 0.29) is 0 Å². The van der Waals surface area contributed by atoms with Gasteiger partial charge in [0, 0.05) is 28.7 Å². The van der Waals surface area contributed by atoms with Gasteiger partial charge in [-0.3, -0.25) is 0 Å². The van der Waals surface area contributed by atoms with E-state index in [0.717, 1.165) is 16.8 Å². The standard InChI is InChI=1S/C16H25BrN2O/c1-12(2)19-8-6-15(7-9-19)18-11-13-10-14(17)4-5-16(13)20-3/h4-5,10,12,15,18H,6-9,11H2,1-3H3. The van der Waals surface area contributed by atoms with Crippen LogP contribution in [0.2, 0.25) is 0 Å². The van der Waals surface area contributed by atoms with Crippen molar-refractivity contribution in [2.75, 3.05) is 20.2 Å². The Morgan fingerprint density at radius 3 is 2.65 bits per heavy atom. The van der Waals surface area contributed by atoms with E-state index >= 15 is 0 Å². The summed E-state index contributed by atoms with van der Waals surface area (Å²) < 4.78 is 6.52. The van der Waals surface area contributed by atoms with Gasteiger partial charge >= 0.3 is 0 Å². The molecule has 20 heavy (non-hydrogen) atoms. The van der Waals surface area contributed by atoms with Crippen LogP contribution >= 0.6 is 15.9 Å². The summed E-state index contributed by atoms with van der Waals surface area (Å²) in [6.45, 7) is 7.82. The molecule has 1 fully saturated rings. The lowest BCUT2D eigenvalue weighted by Gasteiger charge is -2.35. The highest BCUT2D eigenvalue weighted by Gasteiger charge is 2.20. The fraction of sp³-hybridized carbons (Fsp3) is 0.625. The molecular weight excluding hydrogens is 316 g/mol. The molecule has 0 aromatic heterocycles. The quantitative estimate of drug-likeness (QED) is 0.888. The SMILES string of the molecule is COc1ccc(Br)cc1CNC1CCN(C(C)C)CC1. The van der Waals surface area contributed by atoms with Crippen molar-refractivity contribution in [1.82, 2.24) is 10.2 Å². The van der Waals surface area contributed by atoms with Gasteiger partial charge in [0.05, 0.1) is 7.11 Å². The van der Waals surface area contributed by atoms with Gasteiger partial charge in [0.25, 0.3) is 0 Å². The number of likely N-dealkylation sites (tertiary alicyclic amines) is 1. The number of benzene rings is 1. The Morgan fingerprint density at radius 1 is 1.35 bits per heavy atom. The Hall–Kier alpha value is -0.580. The zero-order chi connectivity index (χ0) is 14.5. The Bertz CT molecular complexity index is 428. The maximum Gasteiger partial charge on any atom is 0.123 e. The second-order valence-electron chi connectivity index (χ2n) is 5.74. The van der Waals surface area contributed by atoms with E-state index in [4.69, 9.17) is 4.74 Å². The molecule has 1 saturated heterocycles. The summed E-state index contributed by atoms with van der Waals surface area (Å²) in [6.07, 6.45) is 2.46. The molecule has 0 aliphatic carbocycles. The van der Waals surface area contributed by atoms with Gasteiger partial charge in [-0.05, 0) is 58.0 Å². The molecule has 0 radical (unpaired) electrons. The molecule has 0 saturated carbocycles. The smallest absolute Gasteiger partial charge is 0.123 e. The van der Waals surface area contributed by atoms with Gasteiger partial charge < -0.3 is 15.0 Å². The molecule has 0 atom stereocenters. The number of hydrogen-bond acceptors (Lipinski definition) is 3. The van der Waals surface area contributed by atoms with Crippen LogP contribution in [0.1, 0.15) is 32.3 Å². The zero-order valence-electron chi connectivity index (χ0n) is 12.7. The van der Waals surface area contributed by atoms with Crippen molar-refractivity contribution >= 4 is 15.9 Å². The van der Waals surface area contributed by atoms with Gasteiger partial charge in [-0.1, -0.05) is 15.9 Å². The molecule has 0 bridgehead atoms. The normalized spacial score (nSPS) is 17.6. The van der Waals surface area contributed by atoms with Gasteiger partial charge in [0.2, 0.25) is 0 Å².